The van der Waals surface area contributed by atoms with Gasteiger partial charge in [-0.1, -0.05) is 32.0 Å². The summed E-state index contributed by atoms with van der Waals surface area (Å²) in [5, 5.41) is 11.6. The van der Waals surface area contributed by atoms with Crippen LogP contribution in [0, 0.1) is 5.92 Å². The Labute approximate surface area is 117 Å². The summed E-state index contributed by atoms with van der Waals surface area (Å²) in [6.45, 7) is 3.53. The average molecular weight is 278 g/mol. The molecule has 4 N–H and O–H groups in total. The number of aromatic carboxylic acids is 1. The molecule has 1 rings (SSSR count). The quantitative estimate of drug-likeness (QED) is 0.706. The van der Waals surface area contributed by atoms with E-state index in [0.29, 0.717) is 5.56 Å². The van der Waals surface area contributed by atoms with Crippen LogP contribution in [0.25, 0.3) is 0 Å². The highest BCUT2D eigenvalue weighted by Crippen LogP contribution is 2.10. The lowest BCUT2D eigenvalue weighted by molar-refractivity contribution is -0.127. The fraction of sp³-hybridized carbons (Fsp3) is 0.357. The van der Waals surface area contributed by atoms with E-state index in [2.05, 4.69) is 5.32 Å². The van der Waals surface area contributed by atoms with Crippen LogP contribution >= 0.6 is 0 Å². The van der Waals surface area contributed by atoms with E-state index in [4.69, 9.17) is 10.8 Å². The van der Waals surface area contributed by atoms with Gasteiger partial charge in [0.05, 0.1) is 12.0 Å². The maximum atomic E-state index is 11.9. The van der Waals surface area contributed by atoms with Crippen LogP contribution in [-0.2, 0) is 16.0 Å². The van der Waals surface area contributed by atoms with Gasteiger partial charge < -0.3 is 16.2 Å². The number of rotatable bonds is 6. The molecule has 0 aliphatic carbocycles. The lowest BCUT2D eigenvalue weighted by Gasteiger charge is -2.19. The Bertz CT molecular complexity index is 526. The SMILES string of the molecule is CC(C)C(NC(=O)Cc1ccccc1C(=O)O)C(N)=O. The summed E-state index contributed by atoms with van der Waals surface area (Å²) in [5.74, 6) is -2.27. The molecule has 0 saturated heterocycles. The molecule has 6 heteroatoms. The number of carboxylic acids is 1. The van der Waals surface area contributed by atoms with Gasteiger partial charge in [0, 0.05) is 0 Å². The monoisotopic (exact) mass is 278 g/mol. The first kappa shape index (κ1) is 15.7. The second-order valence-corrected chi connectivity index (χ2v) is 4.83. The molecule has 1 aromatic rings. The highest BCUT2D eigenvalue weighted by atomic mass is 16.4. The fourth-order valence-corrected chi connectivity index (χ4v) is 1.85. The number of carbonyl (C=O) groups is 3. The molecule has 0 radical (unpaired) electrons. The van der Waals surface area contributed by atoms with Gasteiger partial charge in [-0.15, -0.1) is 0 Å². The third kappa shape index (κ3) is 4.08. The van der Waals surface area contributed by atoms with Crippen LogP contribution in [0.5, 0.6) is 0 Å². The van der Waals surface area contributed by atoms with E-state index in [1.54, 1.807) is 32.0 Å². The van der Waals surface area contributed by atoms with Crippen LogP contribution in [-0.4, -0.2) is 28.9 Å². The van der Waals surface area contributed by atoms with Crippen LogP contribution in [0.4, 0.5) is 0 Å². The van der Waals surface area contributed by atoms with E-state index in [1.807, 2.05) is 0 Å². The molecule has 1 atom stereocenters. The number of primary amides is 1. The first-order chi connectivity index (χ1) is 9.32. The van der Waals surface area contributed by atoms with E-state index in [-0.39, 0.29) is 17.9 Å². The van der Waals surface area contributed by atoms with Crippen molar-refractivity contribution in [1.82, 2.24) is 5.32 Å². The Kier molecular flexibility index (Phi) is 5.25. The zero-order valence-electron chi connectivity index (χ0n) is 11.4. The summed E-state index contributed by atoms with van der Waals surface area (Å²) < 4.78 is 0. The first-order valence-corrected chi connectivity index (χ1v) is 6.22. The van der Waals surface area contributed by atoms with Gasteiger partial charge in [-0.05, 0) is 17.5 Å². The summed E-state index contributed by atoms with van der Waals surface area (Å²) in [6.07, 6.45) is -0.112. The molecule has 0 saturated carbocycles. The molecule has 2 amide bonds. The zero-order chi connectivity index (χ0) is 15.3. The largest absolute Gasteiger partial charge is 0.478 e. The molecule has 0 heterocycles. The van der Waals surface area contributed by atoms with Crippen LogP contribution < -0.4 is 11.1 Å². The Hall–Kier alpha value is -2.37. The maximum Gasteiger partial charge on any atom is 0.335 e. The molecule has 0 aromatic heterocycles. The van der Waals surface area contributed by atoms with Crippen molar-refractivity contribution < 1.29 is 19.5 Å². The topological polar surface area (TPSA) is 109 Å². The molecule has 0 aliphatic heterocycles. The molecule has 6 nitrogen and oxygen atoms in total. The Morgan fingerprint density at radius 1 is 1.25 bits per heavy atom. The van der Waals surface area contributed by atoms with Crippen molar-refractivity contribution >= 4 is 17.8 Å². The number of carbonyl (C=O) groups excluding carboxylic acids is 2. The van der Waals surface area contributed by atoms with Gasteiger partial charge in [0.15, 0.2) is 0 Å². The highest BCUT2D eigenvalue weighted by Gasteiger charge is 2.22. The van der Waals surface area contributed by atoms with Gasteiger partial charge in [0.25, 0.3) is 0 Å². The molecule has 0 fully saturated rings. The molecule has 0 bridgehead atoms. The zero-order valence-corrected chi connectivity index (χ0v) is 11.4. The lowest BCUT2D eigenvalue weighted by Crippen LogP contribution is -2.48. The summed E-state index contributed by atoms with van der Waals surface area (Å²) >= 11 is 0. The predicted molar refractivity (Wildman–Crippen MR) is 73.1 cm³/mol. The summed E-state index contributed by atoms with van der Waals surface area (Å²) in [6, 6.07) is 5.48. The van der Waals surface area contributed by atoms with Gasteiger partial charge in [0.2, 0.25) is 11.8 Å². The van der Waals surface area contributed by atoms with Crippen molar-refractivity contribution in [3.8, 4) is 0 Å². The highest BCUT2D eigenvalue weighted by molar-refractivity contribution is 5.92. The average Bonchev–Trinajstić information content (AvgIpc) is 2.35. The Morgan fingerprint density at radius 3 is 2.35 bits per heavy atom. The Balaban J connectivity index is 2.81. The predicted octanol–water partition coefficient (Wildman–Crippen LogP) is 0.553. The van der Waals surface area contributed by atoms with Crippen molar-refractivity contribution in [2.45, 2.75) is 26.3 Å². The molecule has 20 heavy (non-hydrogen) atoms. The molecule has 0 spiro atoms. The third-order valence-electron chi connectivity index (χ3n) is 2.89. The number of carboxylic acid groups (broad SMARTS) is 1. The molecule has 0 aliphatic rings. The third-order valence-corrected chi connectivity index (χ3v) is 2.89. The minimum Gasteiger partial charge on any atom is -0.478 e. The van der Waals surface area contributed by atoms with Crippen molar-refractivity contribution in [2.75, 3.05) is 0 Å². The van der Waals surface area contributed by atoms with Crippen LogP contribution in [0.3, 0.4) is 0 Å². The molecular weight excluding hydrogens is 260 g/mol. The number of nitrogens with one attached hydrogen (secondary N) is 1. The van der Waals surface area contributed by atoms with Crippen molar-refractivity contribution in [1.29, 1.82) is 0 Å². The lowest BCUT2D eigenvalue weighted by atomic mass is 10.0. The number of benzene rings is 1. The van der Waals surface area contributed by atoms with Crippen LogP contribution in [0.2, 0.25) is 0 Å². The summed E-state index contributed by atoms with van der Waals surface area (Å²) in [4.78, 5) is 34.1. The number of nitrogens with two attached hydrogens (primary N) is 1. The van der Waals surface area contributed by atoms with E-state index in [9.17, 15) is 14.4 Å². The fourth-order valence-electron chi connectivity index (χ4n) is 1.85. The van der Waals surface area contributed by atoms with E-state index in [0.717, 1.165) is 0 Å². The smallest absolute Gasteiger partial charge is 0.335 e. The summed E-state index contributed by atoms with van der Waals surface area (Å²) in [7, 11) is 0. The first-order valence-electron chi connectivity index (χ1n) is 6.22. The Morgan fingerprint density at radius 2 is 1.85 bits per heavy atom. The normalized spacial score (nSPS) is 11.9. The van der Waals surface area contributed by atoms with Crippen LogP contribution in [0.15, 0.2) is 24.3 Å². The summed E-state index contributed by atoms with van der Waals surface area (Å²) in [5.41, 5.74) is 5.67. The van der Waals surface area contributed by atoms with E-state index in [1.165, 1.54) is 6.07 Å². The van der Waals surface area contributed by atoms with Crippen molar-refractivity contribution in [3.63, 3.8) is 0 Å². The molecule has 1 unspecified atom stereocenters. The van der Waals surface area contributed by atoms with Gasteiger partial charge in [-0.25, -0.2) is 4.79 Å². The second-order valence-electron chi connectivity index (χ2n) is 4.83. The van der Waals surface area contributed by atoms with Crippen molar-refractivity contribution in [2.24, 2.45) is 11.7 Å². The molecular formula is C14H18N2O4. The van der Waals surface area contributed by atoms with Gasteiger partial charge in [-0.2, -0.15) is 0 Å². The number of hydrogen-bond donors (Lipinski definition) is 3. The molecule has 108 valence electrons. The van der Waals surface area contributed by atoms with Gasteiger partial charge in [0.1, 0.15) is 6.04 Å². The van der Waals surface area contributed by atoms with E-state index >= 15 is 0 Å². The van der Waals surface area contributed by atoms with E-state index < -0.39 is 23.8 Å². The minimum atomic E-state index is -1.09. The number of amides is 2. The van der Waals surface area contributed by atoms with Crippen molar-refractivity contribution in [3.05, 3.63) is 35.4 Å². The minimum absolute atomic E-state index is 0.0721. The molecule has 1 aromatic carbocycles. The number of hydrogen-bond acceptors (Lipinski definition) is 3. The maximum absolute atomic E-state index is 11.9. The second kappa shape index (κ2) is 6.70. The van der Waals surface area contributed by atoms with Gasteiger partial charge >= 0.3 is 5.97 Å². The van der Waals surface area contributed by atoms with Gasteiger partial charge in [-0.3, -0.25) is 9.59 Å². The standard InChI is InChI=1S/C14H18N2O4/c1-8(2)12(13(15)18)16-11(17)7-9-5-3-4-6-10(9)14(19)20/h3-6,8,12H,7H2,1-2H3,(H2,15,18)(H,16,17)(H,19,20). The van der Waals surface area contributed by atoms with Crippen LogP contribution in [0.1, 0.15) is 29.8 Å².